The van der Waals surface area contributed by atoms with E-state index in [1.807, 2.05) is 37.3 Å². The van der Waals surface area contributed by atoms with Crippen molar-refractivity contribution in [2.75, 3.05) is 6.54 Å². The first kappa shape index (κ1) is 20.1. The molecule has 0 saturated heterocycles. The van der Waals surface area contributed by atoms with E-state index in [0.717, 1.165) is 27.7 Å². The molecular weight excluding hydrogens is 415 g/mol. The zero-order valence-electron chi connectivity index (χ0n) is 16.2. The van der Waals surface area contributed by atoms with Crippen molar-refractivity contribution in [3.8, 4) is 5.69 Å². The van der Waals surface area contributed by atoms with Gasteiger partial charge in [-0.15, -0.1) is 11.3 Å². The van der Waals surface area contributed by atoms with Gasteiger partial charge in [0.25, 0.3) is 5.91 Å². The Labute approximate surface area is 173 Å². The molecule has 0 unspecified atom stereocenters. The SMILES string of the molecule is Cc1nn(-c2ccccc2)c2sc(C(=O)NCCn3nc(C(F)(F)F)cc3C)cc12. The molecule has 30 heavy (non-hydrogen) atoms. The lowest BCUT2D eigenvalue weighted by molar-refractivity contribution is -0.141. The molecule has 0 saturated carbocycles. The van der Waals surface area contributed by atoms with Gasteiger partial charge in [0.05, 0.1) is 22.8 Å². The number of carbonyl (C=O) groups excluding carboxylic acids is 1. The number of fused-ring (bicyclic) bond motifs is 1. The number of nitrogens with one attached hydrogen (secondary N) is 1. The predicted octanol–water partition coefficient (Wildman–Crippen LogP) is 4.35. The van der Waals surface area contributed by atoms with Gasteiger partial charge in [0.15, 0.2) is 5.69 Å². The maximum Gasteiger partial charge on any atom is 0.435 e. The fourth-order valence-corrected chi connectivity index (χ4v) is 4.24. The molecule has 4 aromatic rings. The number of thiophene rings is 1. The summed E-state index contributed by atoms with van der Waals surface area (Å²) < 4.78 is 41.3. The van der Waals surface area contributed by atoms with Crippen molar-refractivity contribution in [1.82, 2.24) is 24.9 Å². The molecular formula is C20H18F3N5OS. The van der Waals surface area contributed by atoms with Gasteiger partial charge in [0.1, 0.15) is 4.83 Å². The smallest absolute Gasteiger partial charge is 0.349 e. The number of nitrogens with zero attached hydrogens (tertiary/aromatic N) is 4. The van der Waals surface area contributed by atoms with Crippen LogP contribution in [0, 0.1) is 13.8 Å². The van der Waals surface area contributed by atoms with Gasteiger partial charge in [0.2, 0.25) is 0 Å². The number of rotatable bonds is 5. The quantitative estimate of drug-likeness (QED) is 0.509. The molecule has 156 valence electrons. The zero-order chi connectivity index (χ0) is 21.5. The van der Waals surface area contributed by atoms with E-state index in [2.05, 4.69) is 15.5 Å². The summed E-state index contributed by atoms with van der Waals surface area (Å²) in [6.45, 7) is 3.75. The summed E-state index contributed by atoms with van der Waals surface area (Å²) in [4.78, 5) is 14.0. The minimum absolute atomic E-state index is 0.148. The van der Waals surface area contributed by atoms with E-state index in [-0.39, 0.29) is 19.0 Å². The first-order valence-corrected chi connectivity index (χ1v) is 10.00. The summed E-state index contributed by atoms with van der Waals surface area (Å²) >= 11 is 1.32. The molecule has 1 N–H and O–H groups in total. The molecule has 1 amide bonds. The molecule has 6 nitrogen and oxygen atoms in total. The van der Waals surface area contributed by atoms with Crippen LogP contribution in [0.3, 0.4) is 0 Å². The van der Waals surface area contributed by atoms with E-state index in [4.69, 9.17) is 0 Å². The van der Waals surface area contributed by atoms with Gasteiger partial charge in [-0.3, -0.25) is 9.48 Å². The maximum atomic E-state index is 12.8. The second kappa shape index (κ2) is 7.60. The van der Waals surface area contributed by atoms with Crippen LogP contribution in [-0.2, 0) is 12.7 Å². The summed E-state index contributed by atoms with van der Waals surface area (Å²) in [5.74, 6) is -0.281. The normalized spacial score (nSPS) is 11.9. The number of hydrogen-bond donors (Lipinski definition) is 1. The summed E-state index contributed by atoms with van der Waals surface area (Å²) in [6, 6.07) is 12.4. The summed E-state index contributed by atoms with van der Waals surface area (Å²) in [7, 11) is 0. The molecule has 0 spiro atoms. The fraction of sp³-hybridized carbons (Fsp3) is 0.250. The molecule has 0 fully saturated rings. The highest BCUT2D eigenvalue weighted by atomic mass is 32.1. The third kappa shape index (κ3) is 3.82. The highest BCUT2D eigenvalue weighted by molar-refractivity contribution is 7.20. The highest BCUT2D eigenvalue weighted by Crippen LogP contribution is 2.30. The Morgan fingerprint density at radius 2 is 1.87 bits per heavy atom. The Morgan fingerprint density at radius 3 is 2.53 bits per heavy atom. The van der Waals surface area contributed by atoms with Crippen LogP contribution in [0.25, 0.3) is 15.9 Å². The van der Waals surface area contributed by atoms with Crippen molar-refractivity contribution < 1.29 is 18.0 Å². The molecule has 0 bridgehead atoms. The Morgan fingerprint density at radius 1 is 1.13 bits per heavy atom. The van der Waals surface area contributed by atoms with Crippen LogP contribution in [0.5, 0.6) is 0 Å². The zero-order valence-corrected chi connectivity index (χ0v) is 17.0. The molecule has 3 aromatic heterocycles. The largest absolute Gasteiger partial charge is 0.435 e. The Bertz CT molecular complexity index is 1210. The Balaban J connectivity index is 1.47. The van der Waals surface area contributed by atoms with Gasteiger partial charge < -0.3 is 5.32 Å². The average molecular weight is 433 g/mol. The van der Waals surface area contributed by atoms with E-state index in [1.54, 1.807) is 17.7 Å². The Kier molecular flexibility index (Phi) is 5.10. The first-order valence-electron chi connectivity index (χ1n) is 9.18. The van der Waals surface area contributed by atoms with Gasteiger partial charge >= 0.3 is 6.18 Å². The number of carbonyl (C=O) groups is 1. The van der Waals surface area contributed by atoms with Gasteiger partial charge in [0, 0.05) is 17.6 Å². The number of benzene rings is 1. The molecule has 0 radical (unpaired) electrons. The lowest BCUT2D eigenvalue weighted by Gasteiger charge is -2.06. The van der Waals surface area contributed by atoms with Crippen molar-refractivity contribution in [1.29, 1.82) is 0 Å². The summed E-state index contributed by atoms with van der Waals surface area (Å²) in [6.07, 6.45) is -4.49. The van der Waals surface area contributed by atoms with Crippen LogP contribution < -0.4 is 5.32 Å². The molecule has 1 aromatic carbocycles. The standard InChI is InChI=1S/C20H18F3N5OS/c1-12-10-17(20(21,22)23)26-27(12)9-8-24-18(29)16-11-15-13(2)25-28(19(15)30-16)14-6-4-3-5-7-14/h3-7,10-11H,8-9H2,1-2H3,(H,24,29). The van der Waals surface area contributed by atoms with Crippen LogP contribution in [0.15, 0.2) is 42.5 Å². The second-order valence-electron chi connectivity index (χ2n) is 6.81. The maximum absolute atomic E-state index is 12.8. The van der Waals surface area contributed by atoms with Gasteiger partial charge in [-0.25, -0.2) is 4.68 Å². The number of aryl methyl sites for hydroxylation is 2. The Hall–Kier alpha value is -3.14. The van der Waals surface area contributed by atoms with E-state index < -0.39 is 11.9 Å². The number of aromatic nitrogens is 4. The van der Waals surface area contributed by atoms with Crippen LogP contribution in [-0.4, -0.2) is 32.0 Å². The minimum Gasteiger partial charge on any atom is -0.349 e. The molecule has 10 heteroatoms. The average Bonchev–Trinajstić information content (AvgIpc) is 3.37. The molecule has 4 rings (SSSR count). The van der Waals surface area contributed by atoms with Gasteiger partial charge in [-0.05, 0) is 38.1 Å². The number of amides is 1. The van der Waals surface area contributed by atoms with Crippen LogP contribution in [0.1, 0.15) is 26.8 Å². The number of halogens is 3. The van der Waals surface area contributed by atoms with Crippen LogP contribution >= 0.6 is 11.3 Å². The van der Waals surface area contributed by atoms with Gasteiger partial charge in [-0.1, -0.05) is 18.2 Å². The third-order valence-corrected chi connectivity index (χ3v) is 5.76. The molecule has 0 atom stereocenters. The summed E-state index contributed by atoms with van der Waals surface area (Å²) in [5, 5.41) is 11.8. The van der Waals surface area contributed by atoms with Crippen LogP contribution in [0.2, 0.25) is 0 Å². The third-order valence-electron chi connectivity index (χ3n) is 4.65. The fourth-order valence-electron chi connectivity index (χ4n) is 3.14. The number of hydrogen-bond acceptors (Lipinski definition) is 4. The molecule has 0 aliphatic heterocycles. The van der Waals surface area contributed by atoms with Crippen molar-refractivity contribution in [3.63, 3.8) is 0 Å². The number of alkyl halides is 3. The van der Waals surface area contributed by atoms with Crippen molar-refractivity contribution in [3.05, 3.63) is 64.4 Å². The van der Waals surface area contributed by atoms with Crippen molar-refractivity contribution in [2.45, 2.75) is 26.6 Å². The lowest BCUT2D eigenvalue weighted by Crippen LogP contribution is -2.27. The lowest BCUT2D eigenvalue weighted by atomic mass is 10.3. The first-order chi connectivity index (χ1) is 14.2. The van der Waals surface area contributed by atoms with Gasteiger partial charge in [-0.2, -0.15) is 23.4 Å². The molecule has 3 heterocycles. The van der Waals surface area contributed by atoms with E-state index in [9.17, 15) is 18.0 Å². The molecule has 0 aliphatic carbocycles. The summed E-state index contributed by atoms with van der Waals surface area (Å²) in [5.41, 5.74) is 1.17. The number of para-hydroxylation sites is 1. The van der Waals surface area contributed by atoms with E-state index >= 15 is 0 Å². The topological polar surface area (TPSA) is 64.7 Å². The second-order valence-corrected chi connectivity index (χ2v) is 7.84. The van der Waals surface area contributed by atoms with Crippen LogP contribution in [0.4, 0.5) is 13.2 Å². The monoisotopic (exact) mass is 433 g/mol. The highest BCUT2D eigenvalue weighted by Gasteiger charge is 2.34. The minimum atomic E-state index is -4.49. The van der Waals surface area contributed by atoms with Crippen molar-refractivity contribution in [2.24, 2.45) is 0 Å². The van der Waals surface area contributed by atoms with Crippen molar-refractivity contribution >= 4 is 27.5 Å². The molecule has 0 aliphatic rings. The van der Waals surface area contributed by atoms with E-state index in [0.29, 0.717) is 10.6 Å². The predicted molar refractivity (Wildman–Crippen MR) is 108 cm³/mol. The van der Waals surface area contributed by atoms with E-state index in [1.165, 1.54) is 16.0 Å².